The zero-order valence-corrected chi connectivity index (χ0v) is 12.2. The third kappa shape index (κ3) is 3.02. The number of aromatic nitrogens is 1. The van der Waals surface area contributed by atoms with Gasteiger partial charge in [-0.3, -0.25) is 5.43 Å². The van der Waals surface area contributed by atoms with Gasteiger partial charge < -0.3 is 0 Å². The summed E-state index contributed by atoms with van der Waals surface area (Å²) in [6.07, 6.45) is 1.59. The molecule has 0 saturated carbocycles. The number of hydrazone groups is 1. The van der Waals surface area contributed by atoms with Crippen molar-refractivity contribution in [1.29, 1.82) is 0 Å². The van der Waals surface area contributed by atoms with Gasteiger partial charge in [0, 0.05) is 10.4 Å². The highest BCUT2D eigenvalue weighted by Crippen LogP contribution is 2.23. The predicted octanol–water partition coefficient (Wildman–Crippen LogP) is 4.51. The second kappa shape index (κ2) is 5.69. The van der Waals surface area contributed by atoms with Crippen molar-refractivity contribution in [2.24, 2.45) is 5.10 Å². The van der Waals surface area contributed by atoms with Crippen LogP contribution in [0.15, 0.2) is 23.3 Å². The van der Waals surface area contributed by atoms with Gasteiger partial charge in [-0.2, -0.15) is 5.10 Å². The average molecular weight is 300 g/mol. The van der Waals surface area contributed by atoms with Crippen molar-refractivity contribution >= 4 is 45.9 Å². The predicted molar refractivity (Wildman–Crippen MR) is 79.3 cm³/mol. The Hall–Kier alpha value is -1.10. The number of benzene rings is 1. The van der Waals surface area contributed by atoms with E-state index < -0.39 is 0 Å². The lowest BCUT2D eigenvalue weighted by Gasteiger charge is -2.00. The maximum atomic E-state index is 6.02. The highest BCUT2D eigenvalue weighted by atomic mass is 35.5. The summed E-state index contributed by atoms with van der Waals surface area (Å²) >= 11 is 13.6. The summed E-state index contributed by atoms with van der Waals surface area (Å²) in [7, 11) is 0. The molecule has 3 nitrogen and oxygen atoms in total. The topological polar surface area (TPSA) is 37.3 Å². The third-order valence-corrected chi connectivity index (χ3v) is 4.02. The number of hydrogen-bond donors (Lipinski definition) is 1. The SMILES string of the molecule is Cc1nc(N/N=C\c2c(Cl)cccc2Cl)sc1C. The molecule has 2 aromatic rings. The molecule has 0 saturated heterocycles. The minimum Gasteiger partial charge on any atom is -0.253 e. The second-order valence-corrected chi connectivity index (χ2v) is 5.68. The zero-order chi connectivity index (χ0) is 13.1. The third-order valence-electron chi connectivity index (χ3n) is 2.38. The van der Waals surface area contributed by atoms with Crippen LogP contribution in [0.4, 0.5) is 5.13 Å². The Balaban J connectivity index is 2.12. The van der Waals surface area contributed by atoms with Gasteiger partial charge in [-0.25, -0.2) is 4.98 Å². The molecule has 0 unspecified atom stereocenters. The summed E-state index contributed by atoms with van der Waals surface area (Å²) < 4.78 is 0. The van der Waals surface area contributed by atoms with E-state index in [4.69, 9.17) is 23.2 Å². The van der Waals surface area contributed by atoms with Crippen LogP contribution in [-0.4, -0.2) is 11.2 Å². The van der Waals surface area contributed by atoms with Gasteiger partial charge in [-0.05, 0) is 26.0 Å². The number of anilines is 1. The molecule has 1 aromatic heterocycles. The van der Waals surface area contributed by atoms with Crippen LogP contribution in [0.1, 0.15) is 16.1 Å². The van der Waals surface area contributed by atoms with Crippen LogP contribution in [0.2, 0.25) is 10.0 Å². The Morgan fingerprint density at radius 1 is 1.28 bits per heavy atom. The van der Waals surface area contributed by atoms with Gasteiger partial charge in [0.2, 0.25) is 5.13 Å². The van der Waals surface area contributed by atoms with Crippen molar-refractivity contribution in [1.82, 2.24) is 4.98 Å². The van der Waals surface area contributed by atoms with E-state index in [1.807, 2.05) is 13.8 Å². The Bertz CT molecular complexity index is 553. The molecule has 94 valence electrons. The van der Waals surface area contributed by atoms with E-state index >= 15 is 0 Å². The maximum absolute atomic E-state index is 6.02. The molecule has 1 aromatic carbocycles. The first-order valence-corrected chi connectivity index (χ1v) is 6.82. The first-order valence-electron chi connectivity index (χ1n) is 5.25. The van der Waals surface area contributed by atoms with Crippen LogP contribution in [0, 0.1) is 13.8 Å². The van der Waals surface area contributed by atoms with E-state index in [-0.39, 0.29) is 0 Å². The van der Waals surface area contributed by atoms with Gasteiger partial charge in [-0.15, -0.1) is 11.3 Å². The molecule has 0 aliphatic heterocycles. The molecule has 0 spiro atoms. The second-order valence-electron chi connectivity index (χ2n) is 3.67. The van der Waals surface area contributed by atoms with E-state index in [0.717, 1.165) is 10.8 Å². The van der Waals surface area contributed by atoms with Crippen LogP contribution in [0.25, 0.3) is 0 Å². The fraction of sp³-hybridized carbons (Fsp3) is 0.167. The van der Waals surface area contributed by atoms with Gasteiger partial charge in [0.15, 0.2) is 0 Å². The summed E-state index contributed by atoms with van der Waals surface area (Å²) in [5.74, 6) is 0. The molecule has 2 rings (SSSR count). The number of nitrogens with zero attached hydrogens (tertiary/aromatic N) is 2. The summed E-state index contributed by atoms with van der Waals surface area (Å²) in [5, 5.41) is 5.98. The molecule has 0 bridgehead atoms. The quantitative estimate of drug-likeness (QED) is 0.668. The number of rotatable bonds is 3. The molecule has 0 atom stereocenters. The number of halogens is 2. The smallest absolute Gasteiger partial charge is 0.203 e. The number of nitrogens with one attached hydrogen (secondary N) is 1. The standard InChI is InChI=1S/C12H11Cl2N3S/c1-7-8(2)18-12(16-7)17-15-6-9-10(13)4-3-5-11(9)14/h3-6H,1-2H3,(H,16,17)/b15-6-. The highest BCUT2D eigenvalue weighted by Gasteiger charge is 2.03. The Morgan fingerprint density at radius 3 is 2.50 bits per heavy atom. The van der Waals surface area contributed by atoms with E-state index in [9.17, 15) is 0 Å². The Morgan fingerprint density at radius 2 is 1.94 bits per heavy atom. The van der Waals surface area contributed by atoms with E-state index in [2.05, 4.69) is 15.5 Å². The number of hydrogen-bond acceptors (Lipinski definition) is 4. The molecule has 0 fully saturated rings. The fourth-order valence-electron chi connectivity index (χ4n) is 1.31. The van der Waals surface area contributed by atoms with E-state index in [1.54, 1.807) is 35.8 Å². The molecular formula is C12H11Cl2N3S. The van der Waals surface area contributed by atoms with Crippen LogP contribution in [0.3, 0.4) is 0 Å². The number of aryl methyl sites for hydroxylation is 2. The largest absolute Gasteiger partial charge is 0.253 e. The Labute approximate surface area is 119 Å². The summed E-state index contributed by atoms with van der Waals surface area (Å²) in [6.45, 7) is 3.98. The van der Waals surface area contributed by atoms with Gasteiger partial charge in [0.25, 0.3) is 0 Å². The molecule has 0 radical (unpaired) electrons. The van der Waals surface area contributed by atoms with Crippen molar-refractivity contribution in [2.45, 2.75) is 13.8 Å². The van der Waals surface area contributed by atoms with Gasteiger partial charge in [0.05, 0.1) is 22.0 Å². The molecule has 6 heteroatoms. The van der Waals surface area contributed by atoms with Crippen LogP contribution in [0.5, 0.6) is 0 Å². The molecule has 0 aliphatic carbocycles. The highest BCUT2D eigenvalue weighted by molar-refractivity contribution is 7.15. The maximum Gasteiger partial charge on any atom is 0.203 e. The Kier molecular flexibility index (Phi) is 4.22. The lowest BCUT2D eigenvalue weighted by molar-refractivity contribution is 1.20. The average Bonchev–Trinajstić information content (AvgIpc) is 2.62. The fourth-order valence-corrected chi connectivity index (χ4v) is 2.57. The van der Waals surface area contributed by atoms with Crippen LogP contribution in [-0.2, 0) is 0 Å². The summed E-state index contributed by atoms with van der Waals surface area (Å²) in [4.78, 5) is 5.48. The van der Waals surface area contributed by atoms with Crippen molar-refractivity contribution in [3.63, 3.8) is 0 Å². The zero-order valence-electron chi connectivity index (χ0n) is 9.87. The molecule has 18 heavy (non-hydrogen) atoms. The monoisotopic (exact) mass is 299 g/mol. The van der Waals surface area contributed by atoms with Gasteiger partial charge in [0.1, 0.15) is 0 Å². The first kappa shape index (κ1) is 13.3. The van der Waals surface area contributed by atoms with Crippen molar-refractivity contribution < 1.29 is 0 Å². The molecular weight excluding hydrogens is 289 g/mol. The van der Waals surface area contributed by atoms with Crippen LogP contribution >= 0.6 is 34.5 Å². The molecule has 1 heterocycles. The van der Waals surface area contributed by atoms with Crippen molar-refractivity contribution in [3.8, 4) is 0 Å². The molecule has 0 amide bonds. The lowest BCUT2D eigenvalue weighted by Crippen LogP contribution is -1.91. The molecule has 0 aliphatic rings. The van der Waals surface area contributed by atoms with Crippen molar-refractivity contribution in [3.05, 3.63) is 44.4 Å². The first-order chi connectivity index (χ1) is 8.58. The minimum absolute atomic E-state index is 0.569. The molecule has 1 N–H and O–H groups in total. The summed E-state index contributed by atoms with van der Waals surface area (Å²) in [5.41, 5.74) is 4.57. The van der Waals surface area contributed by atoms with Gasteiger partial charge in [-0.1, -0.05) is 29.3 Å². The van der Waals surface area contributed by atoms with Crippen LogP contribution < -0.4 is 5.43 Å². The summed E-state index contributed by atoms with van der Waals surface area (Å²) in [6, 6.07) is 5.34. The van der Waals surface area contributed by atoms with E-state index in [1.165, 1.54) is 4.88 Å². The van der Waals surface area contributed by atoms with E-state index in [0.29, 0.717) is 15.6 Å². The van der Waals surface area contributed by atoms with Crippen molar-refractivity contribution in [2.75, 3.05) is 5.43 Å². The lowest BCUT2D eigenvalue weighted by atomic mass is 10.2. The number of thiazole rings is 1. The van der Waals surface area contributed by atoms with Gasteiger partial charge >= 0.3 is 0 Å². The normalized spacial score (nSPS) is 11.1. The minimum atomic E-state index is 0.569.